The average Bonchev–Trinajstić information content (AvgIpc) is 3.33. The van der Waals surface area contributed by atoms with Crippen molar-refractivity contribution in [2.75, 3.05) is 13.1 Å². The number of amides is 2. The lowest BCUT2D eigenvalue weighted by atomic mass is 10.1. The molecule has 0 spiro atoms. The van der Waals surface area contributed by atoms with E-state index in [1.165, 1.54) is 0 Å². The molecule has 3 aromatic rings. The van der Waals surface area contributed by atoms with Gasteiger partial charge in [0.05, 0.1) is 12.8 Å². The SMILES string of the molecule is CCC(C)N(CC(=O)N(CCc1ccccc1)Cc1ccco1)C(=O)c1cccc(Br)c1. The van der Waals surface area contributed by atoms with E-state index in [0.717, 1.165) is 28.6 Å². The summed E-state index contributed by atoms with van der Waals surface area (Å²) in [6.07, 6.45) is 3.10. The molecule has 0 saturated carbocycles. The van der Waals surface area contributed by atoms with E-state index >= 15 is 0 Å². The molecule has 0 aliphatic rings. The van der Waals surface area contributed by atoms with Crippen LogP contribution >= 0.6 is 15.9 Å². The number of hydrogen-bond donors (Lipinski definition) is 0. The van der Waals surface area contributed by atoms with E-state index in [0.29, 0.717) is 18.7 Å². The van der Waals surface area contributed by atoms with Crippen molar-refractivity contribution in [3.8, 4) is 0 Å². The summed E-state index contributed by atoms with van der Waals surface area (Å²) in [4.78, 5) is 30.1. The molecule has 6 heteroatoms. The van der Waals surface area contributed by atoms with Crippen LogP contribution in [0.2, 0.25) is 0 Å². The van der Waals surface area contributed by atoms with E-state index in [1.54, 1.807) is 28.2 Å². The molecule has 1 atom stereocenters. The van der Waals surface area contributed by atoms with Crippen molar-refractivity contribution in [3.63, 3.8) is 0 Å². The molecule has 3 rings (SSSR count). The molecule has 0 aliphatic heterocycles. The summed E-state index contributed by atoms with van der Waals surface area (Å²) < 4.78 is 6.32. The summed E-state index contributed by atoms with van der Waals surface area (Å²) in [6.45, 7) is 4.94. The van der Waals surface area contributed by atoms with E-state index < -0.39 is 0 Å². The molecule has 1 aromatic heterocycles. The van der Waals surface area contributed by atoms with Gasteiger partial charge in [0.15, 0.2) is 0 Å². The zero-order chi connectivity index (χ0) is 22.9. The second-order valence-electron chi connectivity index (χ2n) is 7.83. The van der Waals surface area contributed by atoms with Gasteiger partial charge in [-0.05, 0) is 55.7 Å². The van der Waals surface area contributed by atoms with E-state index in [-0.39, 0.29) is 24.4 Å². The second kappa shape index (κ2) is 11.7. The van der Waals surface area contributed by atoms with Gasteiger partial charge in [-0.3, -0.25) is 9.59 Å². The number of halogens is 1. The monoisotopic (exact) mass is 496 g/mol. The Morgan fingerprint density at radius 2 is 1.81 bits per heavy atom. The maximum atomic E-state index is 13.4. The highest BCUT2D eigenvalue weighted by molar-refractivity contribution is 9.10. The topological polar surface area (TPSA) is 53.8 Å². The van der Waals surface area contributed by atoms with Gasteiger partial charge in [-0.2, -0.15) is 0 Å². The molecule has 1 unspecified atom stereocenters. The average molecular weight is 497 g/mol. The molecule has 0 N–H and O–H groups in total. The minimum absolute atomic E-state index is 0.0237. The zero-order valence-electron chi connectivity index (χ0n) is 18.5. The van der Waals surface area contributed by atoms with Crippen LogP contribution in [0.1, 0.15) is 41.9 Å². The largest absolute Gasteiger partial charge is 0.467 e. The van der Waals surface area contributed by atoms with Gasteiger partial charge in [-0.1, -0.05) is 59.3 Å². The van der Waals surface area contributed by atoms with Crippen LogP contribution in [0.4, 0.5) is 0 Å². The fraction of sp³-hybridized carbons (Fsp3) is 0.308. The fourth-order valence-electron chi connectivity index (χ4n) is 3.47. The van der Waals surface area contributed by atoms with Crippen LogP contribution in [0.5, 0.6) is 0 Å². The lowest BCUT2D eigenvalue weighted by molar-refractivity contribution is -0.133. The minimum Gasteiger partial charge on any atom is -0.467 e. The molecule has 2 amide bonds. The zero-order valence-corrected chi connectivity index (χ0v) is 20.1. The summed E-state index contributed by atoms with van der Waals surface area (Å²) in [7, 11) is 0. The molecule has 0 saturated heterocycles. The van der Waals surface area contributed by atoms with Gasteiger partial charge >= 0.3 is 0 Å². The summed E-state index contributed by atoms with van der Waals surface area (Å²) in [5, 5.41) is 0. The highest BCUT2D eigenvalue weighted by Gasteiger charge is 2.26. The third-order valence-electron chi connectivity index (χ3n) is 5.55. The number of benzene rings is 2. The second-order valence-corrected chi connectivity index (χ2v) is 8.75. The van der Waals surface area contributed by atoms with Crippen LogP contribution in [0.3, 0.4) is 0 Å². The molecule has 2 aromatic carbocycles. The van der Waals surface area contributed by atoms with Gasteiger partial charge in [0.25, 0.3) is 5.91 Å². The van der Waals surface area contributed by atoms with Crippen molar-refractivity contribution >= 4 is 27.7 Å². The van der Waals surface area contributed by atoms with Crippen molar-refractivity contribution in [3.05, 3.63) is 94.4 Å². The molecule has 0 aliphatic carbocycles. The molecular weight excluding hydrogens is 468 g/mol. The third kappa shape index (κ3) is 6.57. The van der Waals surface area contributed by atoms with E-state index in [2.05, 4.69) is 28.1 Å². The number of nitrogens with zero attached hydrogens (tertiary/aromatic N) is 2. The molecule has 32 heavy (non-hydrogen) atoms. The standard InChI is InChI=1S/C26H29BrN2O3/c1-3-20(2)29(26(31)22-11-7-12-23(27)17-22)19-25(30)28(18-24-13-8-16-32-24)15-14-21-9-5-4-6-10-21/h4-13,16-17,20H,3,14-15,18-19H2,1-2H3. The van der Waals surface area contributed by atoms with Crippen LogP contribution in [0.15, 0.2) is 81.9 Å². The van der Waals surface area contributed by atoms with Gasteiger partial charge in [0, 0.05) is 22.6 Å². The molecule has 1 heterocycles. The normalized spacial score (nSPS) is 11.7. The number of carbonyl (C=O) groups is 2. The van der Waals surface area contributed by atoms with Crippen molar-refractivity contribution in [1.82, 2.24) is 9.80 Å². The maximum Gasteiger partial charge on any atom is 0.254 e. The maximum absolute atomic E-state index is 13.4. The Balaban J connectivity index is 1.77. The first-order valence-electron chi connectivity index (χ1n) is 10.9. The van der Waals surface area contributed by atoms with Crippen molar-refractivity contribution in [2.24, 2.45) is 0 Å². The molecular formula is C26H29BrN2O3. The fourth-order valence-corrected chi connectivity index (χ4v) is 3.87. The summed E-state index contributed by atoms with van der Waals surface area (Å²) in [5.41, 5.74) is 1.73. The third-order valence-corrected chi connectivity index (χ3v) is 6.05. The molecule has 5 nitrogen and oxygen atoms in total. The quantitative estimate of drug-likeness (QED) is 0.369. The van der Waals surface area contributed by atoms with Crippen molar-refractivity contribution < 1.29 is 14.0 Å². The van der Waals surface area contributed by atoms with Crippen LogP contribution in [0, 0.1) is 0 Å². The van der Waals surface area contributed by atoms with Crippen molar-refractivity contribution in [1.29, 1.82) is 0 Å². The van der Waals surface area contributed by atoms with Crippen LogP contribution in [-0.4, -0.2) is 40.7 Å². The van der Waals surface area contributed by atoms with Crippen LogP contribution in [0.25, 0.3) is 0 Å². The molecule has 0 radical (unpaired) electrons. The van der Waals surface area contributed by atoms with Gasteiger partial charge in [0.1, 0.15) is 12.3 Å². The highest BCUT2D eigenvalue weighted by atomic mass is 79.9. The highest BCUT2D eigenvalue weighted by Crippen LogP contribution is 2.17. The minimum atomic E-state index is -0.144. The lowest BCUT2D eigenvalue weighted by Gasteiger charge is -2.31. The number of rotatable bonds is 10. The molecule has 0 fully saturated rings. The summed E-state index contributed by atoms with van der Waals surface area (Å²) >= 11 is 3.43. The Morgan fingerprint density at radius 1 is 1.03 bits per heavy atom. The Morgan fingerprint density at radius 3 is 2.47 bits per heavy atom. The number of furan rings is 1. The van der Waals surface area contributed by atoms with Gasteiger partial charge in [0.2, 0.25) is 5.91 Å². The first-order chi connectivity index (χ1) is 15.5. The van der Waals surface area contributed by atoms with E-state index in [1.807, 2.05) is 56.3 Å². The predicted molar refractivity (Wildman–Crippen MR) is 129 cm³/mol. The van der Waals surface area contributed by atoms with Gasteiger partial charge in [-0.15, -0.1) is 0 Å². The van der Waals surface area contributed by atoms with Crippen LogP contribution < -0.4 is 0 Å². The smallest absolute Gasteiger partial charge is 0.254 e. The first kappa shape index (κ1) is 23.8. The Labute approximate surface area is 198 Å². The first-order valence-corrected chi connectivity index (χ1v) is 11.7. The number of carbonyl (C=O) groups excluding carboxylic acids is 2. The van der Waals surface area contributed by atoms with E-state index in [9.17, 15) is 9.59 Å². The Hall–Kier alpha value is -2.86. The molecule has 168 valence electrons. The Kier molecular flexibility index (Phi) is 8.68. The van der Waals surface area contributed by atoms with Crippen LogP contribution in [-0.2, 0) is 17.8 Å². The van der Waals surface area contributed by atoms with Gasteiger partial charge in [-0.25, -0.2) is 0 Å². The number of hydrogen-bond acceptors (Lipinski definition) is 3. The van der Waals surface area contributed by atoms with Crippen molar-refractivity contribution in [2.45, 2.75) is 39.3 Å². The molecule has 0 bridgehead atoms. The summed E-state index contributed by atoms with van der Waals surface area (Å²) in [6, 6.07) is 21.0. The lowest BCUT2D eigenvalue weighted by Crippen LogP contribution is -2.46. The predicted octanol–water partition coefficient (Wildman–Crippen LogP) is 5.55. The Bertz CT molecular complexity index is 1000. The summed E-state index contributed by atoms with van der Waals surface area (Å²) in [5.74, 6) is 0.482. The van der Waals surface area contributed by atoms with Gasteiger partial charge < -0.3 is 14.2 Å². The van der Waals surface area contributed by atoms with E-state index in [4.69, 9.17) is 4.42 Å².